The summed E-state index contributed by atoms with van der Waals surface area (Å²) in [6.45, 7) is 6.30. The van der Waals surface area contributed by atoms with Gasteiger partial charge in [-0.3, -0.25) is 0 Å². The average Bonchev–Trinajstić information content (AvgIpc) is 2.88. The van der Waals surface area contributed by atoms with Crippen LogP contribution in [0.25, 0.3) is 11.3 Å². The number of aromatic hydroxyl groups is 1. The molecule has 0 fully saturated rings. The molecule has 0 aliphatic heterocycles. The van der Waals surface area contributed by atoms with Crippen LogP contribution in [0.4, 0.5) is 0 Å². The maximum Gasteiger partial charge on any atom is 0.374 e. The van der Waals surface area contributed by atoms with Gasteiger partial charge in [-0.2, -0.15) is 0 Å². The van der Waals surface area contributed by atoms with E-state index >= 15 is 0 Å². The van der Waals surface area contributed by atoms with E-state index < -0.39 is 5.97 Å². The van der Waals surface area contributed by atoms with Gasteiger partial charge in [0.1, 0.15) is 11.4 Å². The smallest absolute Gasteiger partial charge is 0.374 e. The zero-order valence-corrected chi connectivity index (χ0v) is 11.7. The Morgan fingerprint density at radius 3 is 2.60 bits per heavy atom. The highest BCUT2D eigenvalue weighted by atomic mass is 16.5. The number of phenols is 1. The number of carboxylic acids is 1. The number of aromatic carboxylic acids is 1. The van der Waals surface area contributed by atoms with E-state index in [-0.39, 0.29) is 16.9 Å². The summed E-state index contributed by atoms with van der Waals surface area (Å²) in [5.74, 6) is -1.39. The van der Waals surface area contributed by atoms with Crippen LogP contribution in [0.1, 0.15) is 43.3 Å². The predicted octanol–water partition coefficient (Wildman–Crippen LogP) is 3.43. The maximum atomic E-state index is 10.8. The lowest BCUT2D eigenvalue weighted by Crippen LogP contribution is -2.15. The van der Waals surface area contributed by atoms with Crippen molar-refractivity contribution in [2.24, 2.45) is 0 Å². The molecule has 106 valence electrons. The molecule has 0 saturated carbocycles. The Bertz CT molecular complexity index is 643. The Balaban J connectivity index is 2.50. The largest absolute Gasteiger partial charge is 0.507 e. The van der Waals surface area contributed by atoms with Crippen LogP contribution >= 0.6 is 0 Å². The van der Waals surface area contributed by atoms with E-state index in [1.54, 1.807) is 6.07 Å². The summed E-state index contributed by atoms with van der Waals surface area (Å²) in [6.07, 6.45) is 0.941. The van der Waals surface area contributed by atoms with Crippen LogP contribution in [-0.2, 0) is 5.41 Å². The van der Waals surface area contributed by atoms with Gasteiger partial charge in [0.05, 0.1) is 0 Å². The number of carboxylic acid groups (broad SMARTS) is 1. The molecular formula is C15H17NO4. The highest BCUT2D eigenvalue weighted by Gasteiger charge is 2.21. The molecule has 0 aliphatic carbocycles. The molecule has 0 unspecified atom stereocenters. The molecule has 0 spiro atoms. The van der Waals surface area contributed by atoms with Crippen LogP contribution in [0.3, 0.4) is 0 Å². The number of hydrogen-bond acceptors (Lipinski definition) is 4. The van der Waals surface area contributed by atoms with Gasteiger partial charge in [-0.15, -0.1) is 0 Å². The molecule has 2 rings (SSSR count). The fourth-order valence-electron chi connectivity index (χ4n) is 1.87. The Hall–Kier alpha value is -2.30. The van der Waals surface area contributed by atoms with Crippen molar-refractivity contribution in [3.05, 3.63) is 35.6 Å². The summed E-state index contributed by atoms with van der Waals surface area (Å²) in [4.78, 5) is 10.8. The predicted molar refractivity (Wildman–Crippen MR) is 73.9 cm³/mol. The Morgan fingerprint density at radius 1 is 1.35 bits per heavy atom. The average molecular weight is 275 g/mol. The van der Waals surface area contributed by atoms with Crippen molar-refractivity contribution in [1.29, 1.82) is 0 Å². The zero-order chi connectivity index (χ0) is 14.9. The molecule has 1 aromatic heterocycles. The van der Waals surface area contributed by atoms with Crippen LogP contribution in [0.15, 0.2) is 28.8 Å². The molecular weight excluding hydrogens is 258 g/mol. The van der Waals surface area contributed by atoms with E-state index in [1.165, 1.54) is 6.07 Å². The van der Waals surface area contributed by atoms with Crippen LogP contribution in [0, 0.1) is 0 Å². The minimum absolute atomic E-state index is 0.0399. The molecule has 2 N–H and O–H groups in total. The zero-order valence-electron chi connectivity index (χ0n) is 11.7. The first-order valence-corrected chi connectivity index (χ1v) is 6.39. The first-order valence-electron chi connectivity index (χ1n) is 6.39. The fourth-order valence-corrected chi connectivity index (χ4v) is 1.87. The van der Waals surface area contributed by atoms with Gasteiger partial charge in [-0.25, -0.2) is 4.79 Å². The first kappa shape index (κ1) is 14.1. The Morgan fingerprint density at radius 2 is 2.05 bits per heavy atom. The van der Waals surface area contributed by atoms with E-state index in [0.29, 0.717) is 11.3 Å². The van der Waals surface area contributed by atoms with Crippen molar-refractivity contribution in [2.75, 3.05) is 0 Å². The van der Waals surface area contributed by atoms with E-state index in [4.69, 9.17) is 9.63 Å². The van der Waals surface area contributed by atoms with Crippen molar-refractivity contribution in [1.82, 2.24) is 5.16 Å². The minimum Gasteiger partial charge on any atom is -0.507 e. The monoisotopic (exact) mass is 275 g/mol. The van der Waals surface area contributed by atoms with Crippen LogP contribution in [0.2, 0.25) is 0 Å². The minimum atomic E-state index is -1.19. The first-order chi connectivity index (χ1) is 9.35. The van der Waals surface area contributed by atoms with Crippen molar-refractivity contribution < 1.29 is 19.5 Å². The van der Waals surface area contributed by atoms with Crippen molar-refractivity contribution >= 4 is 5.97 Å². The van der Waals surface area contributed by atoms with Gasteiger partial charge in [0.15, 0.2) is 0 Å². The topological polar surface area (TPSA) is 83.6 Å². The molecule has 5 heteroatoms. The van der Waals surface area contributed by atoms with Crippen molar-refractivity contribution in [3.8, 4) is 17.0 Å². The van der Waals surface area contributed by atoms with Crippen LogP contribution in [-0.4, -0.2) is 21.3 Å². The second kappa shape index (κ2) is 5.00. The molecule has 0 radical (unpaired) electrons. The number of rotatable bonds is 4. The number of hydrogen-bond donors (Lipinski definition) is 2. The Labute approximate surface area is 116 Å². The van der Waals surface area contributed by atoms with Gasteiger partial charge in [0.2, 0.25) is 5.76 Å². The summed E-state index contributed by atoms with van der Waals surface area (Å²) in [5.41, 5.74) is 1.79. The normalized spacial score (nSPS) is 11.6. The Kier molecular flexibility index (Phi) is 3.53. The van der Waals surface area contributed by atoms with Gasteiger partial charge in [-0.05, 0) is 29.5 Å². The highest BCUT2D eigenvalue weighted by molar-refractivity contribution is 5.86. The lowest BCUT2D eigenvalue weighted by atomic mass is 9.81. The van der Waals surface area contributed by atoms with Gasteiger partial charge in [0, 0.05) is 11.6 Å². The van der Waals surface area contributed by atoms with Crippen molar-refractivity contribution in [3.63, 3.8) is 0 Å². The summed E-state index contributed by atoms with van der Waals surface area (Å²) in [7, 11) is 0. The molecule has 2 aromatic rings. The molecule has 0 amide bonds. The lowest BCUT2D eigenvalue weighted by Gasteiger charge is -2.24. The van der Waals surface area contributed by atoms with E-state index in [1.807, 2.05) is 12.1 Å². The lowest BCUT2D eigenvalue weighted by molar-refractivity contribution is 0.0652. The third-order valence-corrected chi connectivity index (χ3v) is 3.66. The molecule has 5 nitrogen and oxygen atoms in total. The van der Waals surface area contributed by atoms with Gasteiger partial charge in [0.25, 0.3) is 0 Å². The summed E-state index contributed by atoms with van der Waals surface area (Å²) in [5, 5.41) is 22.5. The molecule has 1 heterocycles. The maximum absolute atomic E-state index is 10.8. The third kappa shape index (κ3) is 2.52. The summed E-state index contributed by atoms with van der Waals surface area (Å²) < 4.78 is 4.73. The van der Waals surface area contributed by atoms with E-state index in [9.17, 15) is 9.90 Å². The molecule has 20 heavy (non-hydrogen) atoms. The number of phenolic OH excluding ortho intramolecular Hbond substituents is 1. The fraction of sp³-hybridized carbons (Fsp3) is 0.333. The van der Waals surface area contributed by atoms with Gasteiger partial charge in [-0.1, -0.05) is 32.0 Å². The van der Waals surface area contributed by atoms with Crippen LogP contribution in [0.5, 0.6) is 5.75 Å². The number of carbonyl (C=O) groups is 1. The molecule has 0 atom stereocenters. The summed E-state index contributed by atoms with van der Waals surface area (Å²) in [6, 6.07) is 6.58. The second-order valence-corrected chi connectivity index (χ2v) is 5.35. The number of nitrogens with zero attached hydrogens (tertiary/aromatic N) is 1. The molecule has 0 bridgehead atoms. The van der Waals surface area contributed by atoms with Gasteiger partial charge < -0.3 is 14.7 Å². The molecule has 0 aliphatic rings. The van der Waals surface area contributed by atoms with Crippen molar-refractivity contribution in [2.45, 2.75) is 32.6 Å². The number of benzene rings is 1. The highest BCUT2D eigenvalue weighted by Crippen LogP contribution is 2.35. The molecule has 0 saturated heterocycles. The SMILES string of the molecule is CCC(C)(C)c1ccc(O)c(-c2cc(C(=O)O)on2)c1. The second-order valence-electron chi connectivity index (χ2n) is 5.35. The number of aromatic nitrogens is 1. The quantitative estimate of drug-likeness (QED) is 0.893. The van der Waals surface area contributed by atoms with E-state index in [0.717, 1.165) is 12.0 Å². The van der Waals surface area contributed by atoms with Crippen LogP contribution < -0.4 is 0 Å². The molecule has 1 aromatic carbocycles. The third-order valence-electron chi connectivity index (χ3n) is 3.66. The van der Waals surface area contributed by atoms with E-state index in [2.05, 4.69) is 25.9 Å². The standard InChI is InChI=1S/C15H17NO4/c1-4-15(2,3)9-5-6-12(17)10(7-9)11-8-13(14(18)19)20-16-11/h5-8,17H,4H2,1-3H3,(H,18,19). The summed E-state index contributed by atoms with van der Waals surface area (Å²) >= 11 is 0. The van der Waals surface area contributed by atoms with Gasteiger partial charge >= 0.3 is 5.97 Å².